The van der Waals surface area contributed by atoms with Crippen LogP contribution in [0.15, 0.2) is 30.3 Å². The van der Waals surface area contributed by atoms with Crippen molar-refractivity contribution >= 4 is 28.6 Å². The van der Waals surface area contributed by atoms with E-state index in [0.717, 1.165) is 17.3 Å². The van der Waals surface area contributed by atoms with Crippen LogP contribution in [0.3, 0.4) is 0 Å². The molecule has 0 aliphatic carbocycles. The Kier molecular flexibility index (Phi) is 6.45. The van der Waals surface area contributed by atoms with Crippen LogP contribution in [0.4, 0.5) is 0 Å². The van der Waals surface area contributed by atoms with E-state index in [1.54, 1.807) is 0 Å². The largest absolute Gasteiger partial charge is 0.481 e. The van der Waals surface area contributed by atoms with Gasteiger partial charge in [0, 0.05) is 18.6 Å². The predicted molar refractivity (Wildman–Crippen MR) is 78.6 cm³/mol. The fourth-order valence-corrected chi connectivity index (χ4v) is 2.55. The molecule has 0 heterocycles. The molecule has 0 spiro atoms. The predicted octanol–water partition coefficient (Wildman–Crippen LogP) is 2.41. The van der Waals surface area contributed by atoms with Crippen LogP contribution in [0.5, 0.6) is 0 Å². The van der Waals surface area contributed by atoms with E-state index >= 15 is 0 Å². The number of Topliss-reactive ketones (excluding diaryl/α,β-unsaturated/α-hetero) is 1. The van der Waals surface area contributed by atoms with Crippen molar-refractivity contribution in [3.05, 3.63) is 35.9 Å². The van der Waals surface area contributed by atoms with Crippen molar-refractivity contribution in [2.75, 3.05) is 5.75 Å². The summed E-state index contributed by atoms with van der Waals surface area (Å²) < 4.78 is 0. The van der Waals surface area contributed by atoms with Crippen LogP contribution in [0.2, 0.25) is 0 Å². The summed E-state index contributed by atoms with van der Waals surface area (Å²) in [6.45, 7) is 2.83. The van der Waals surface area contributed by atoms with Gasteiger partial charge in [0.15, 0.2) is 10.9 Å². The zero-order valence-corrected chi connectivity index (χ0v) is 12.4. The van der Waals surface area contributed by atoms with Crippen LogP contribution in [0, 0.1) is 11.8 Å². The number of carboxylic acid groups (broad SMARTS) is 1. The van der Waals surface area contributed by atoms with Gasteiger partial charge in [-0.25, -0.2) is 0 Å². The Balaban J connectivity index is 2.81. The molecule has 0 unspecified atom stereocenters. The Hall–Kier alpha value is -1.62. The summed E-state index contributed by atoms with van der Waals surface area (Å²) in [5.41, 5.74) is 0.965. The molecule has 5 heteroatoms. The highest BCUT2D eigenvalue weighted by atomic mass is 32.2. The third kappa shape index (κ3) is 5.17. The maximum atomic E-state index is 12.2. The first-order valence-electron chi connectivity index (χ1n) is 6.35. The molecule has 4 nitrogen and oxygen atoms in total. The molecular formula is C15H18O4S. The maximum absolute atomic E-state index is 12.2. The van der Waals surface area contributed by atoms with Gasteiger partial charge in [0.05, 0.1) is 0 Å². The summed E-state index contributed by atoms with van der Waals surface area (Å²) in [7, 11) is 0. The number of ketones is 1. The van der Waals surface area contributed by atoms with Crippen molar-refractivity contribution in [2.45, 2.75) is 20.3 Å². The Bertz CT molecular complexity index is 484. The summed E-state index contributed by atoms with van der Waals surface area (Å²) in [5.74, 6) is -2.63. The molecule has 0 saturated carbocycles. The van der Waals surface area contributed by atoms with Gasteiger partial charge in [0.25, 0.3) is 0 Å². The first-order valence-corrected chi connectivity index (χ1v) is 7.34. The first-order chi connectivity index (χ1) is 9.41. The Labute approximate surface area is 122 Å². The zero-order chi connectivity index (χ0) is 15.1. The molecule has 108 valence electrons. The van der Waals surface area contributed by atoms with Gasteiger partial charge in [-0.05, 0) is 18.9 Å². The smallest absolute Gasteiger partial charge is 0.313 e. The van der Waals surface area contributed by atoms with Crippen molar-refractivity contribution in [2.24, 2.45) is 11.8 Å². The molecule has 0 bridgehead atoms. The number of carbonyl (C=O) groups is 3. The van der Waals surface area contributed by atoms with Crippen LogP contribution in [-0.2, 0) is 20.8 Å². The fourth-order valence-electron chi connectivity index (χ4n) is 1.83. The number of thioether (sulfide) groups is 1. The van der Waals surface area contributed by atoms with Gasteiger partial charge in [-0.3, -0.25) is 14.4 Å². The Morgan fingerprint density at radius 3 is 2.30 bits per heavy atom. The highest BCUT2D eigenvalue weighted by molar-refractivity contribution is 8.13. The molecular weight excluding hydrogens is 276 g/mol. The molecule has 0 radical (unpaired) electrons. The van der Waals surface area contributed by atoms with Gasteiger partial charge >= 0.3 is 5.97 Å². The number of carbonyl (C=O) groups excluding carboxylic acids is 2. The molecule has 1 aromatic rings. The van der Waals surface area contributed by atoms with Crippen molar-refractivity contribution in [3.63, 3.8) is 0 Å². The molecule has 0 amide bonds. The van der Waals surface area contributed by atoms with Crippen molar-refractivity contribution in [1.82, 2.24) is 0 Å². The van der Waals surface area contributed by atoms with E-state index in [1.807, 2.05) is 30.3 Å². The van der Waals surface area contributed by atoms with Crippen molar-refractivity contribution in [1.29, 1.82) is 0 Å². The van der Waals surface area contributed by atoms with Crippen LogP contribution in [0.25, 0.3) is 0 Å². The van der Waals surface area contributed by atoms with E-state index in [-0.39, 0.29) is 10.9 Å². The molecule has 1 rings (SSSR count). The van der Waals surface area contributed by atoms with E-state index in [1.165, 1.54) is 13.8 Å². The van der Waals surface area contributed by atoms with Crippen LogP contribution >= 0.6 is 11.8 Å². The van der Waals surface area contributed by atoms with Gasteiger partial charge < -0.3 is 5.11 Å². The van der Waals surface area contributed by atoms with E-state index in [4.69, 9.17) is 5.11 Å². The summed E-state index contributed by atoms with van der Waals surface area (Å²) in [6.07, 6.45) is 0.456. The summed E-state index contributed by atoms with van der Waals surface area (Å²) in [6, 6.07) is 9.41. The number of carboxylic acids is 1. The topological polar surface area (TPSA) is 71.4 Å². The van der Waals surface area contributed by atoms with E-state index in [2.05, 4.69) is 0 Å². The molecule has 20 heavy (non-hydrogen) atoms. The normalized spacial score (nSPS) is 13.5. The number of aliphatic carboxylic acids is 1. The number of hydrogen-bond donors (Lipinski definition) is 1. The monoisotopic (exact) mass is 294 g/mol. The van der Waals surface area contributed by atoms with Crippen LogP contribution in [0.1, 0.15) is 19.4 Å². The van der Waals surface area contributed by atoms with Gasteiger partial charge in [-0.15, -0.1) is 0 Å². The highest BCUT2D eigenvalue weighted by Gasteiger charge is 2.28. The molecule has 1 aromatic carbocycles. The summed E-state index contributed by atoms with van der Waals surface area (Å²) in [5, 5.41) is 8.88. The SMILES string of the molecule is CC(=O)SC[C@@H](Cc1ccccc1)C(=O)[C@H](C)C(=O)O. The lowest BCUT2D eigenvalue weighted by atomic mass is 9.90. The zero-order valence-electron chi connectivity index (χ0n) is 11.5. The first kappa shape index (κ1) is 16.4. The third-order valence-electron chi connectivity index (χ3n) is 3.01. The number of hydrogen-bond acceptors (Lipinski definition) is 4. The minimum Gasteiger partial charge on any atom is -0.481 e. The third-order valence-corrected chi connectivity index (χ3v) is 3.99. The second-order valence-electron chi connectivity index (χ2n) is 4.65. The van der Waals surface area contributed by atoms with Gasteiger partial charge in [-0.1, -0.05) is 42.1 Å². The van der Waals surface area contributed by atoms with Gasteiger partial charge in [-0.2, -0.15) is 0 Å². The van der Waals surface area contributed by atoms with Gasteiger partial charge in [0.2, 0.25) is 0 Å². The van der Waals surface area contributed by atoms with Crippen LogP contribution in [-0.4, -0.2) is 27.7 Å². The Morgan fingerprint density at radius 1 is 1.20 bits per heavy atom. The molecule has 1 N–H and O–H groups in total. The molecule has 0 aromatic heterocycles. The highest BCUT2D eigenvalue weighted by Crippen LogP contribution is 2.20. The lowest BCUT2D eigenvalue weighted by Crippen LogP contribution is -2.30. The molecule has 0 fully saturated rings. The quantitative estimate of drug-likeness (QED) is 0.782. The van der Waals surface area contributed by atoms with E-state index in [9.17, 15) is 14.4 Å². The molecule has 2 atom stereocenters. The van der Waals surface area contributed by atoms with Gasteiger partial charge in [0.1, 0.15) is 5.92 Å². The minimum atomic E-state index is -1.12. The Morgan fingerprint density at radius 2 is 1.80 bits per heavy atom. The van der Waals surface area contributed by atoms with Crippen molar-refractivity contribution in [3.8, 4) is 0 Å². The average Bonchev–Trinajstić information content (AvgIpc) is 2.42. The van der Waals surface area contributed by atoms with Crippen molar-refractivity contribution < 1.29 is 19.5 Å². The average molecular weight is 294 g/mol. The second-order valence-corrected chi connectivity index (χ2v) is 5.85. The number of benzene rings is 1. The van der Waals surface area contributed by atoms with E-state index in [0.29, 0.717) is 12.2 Å². The number of rotatable bonds is 7. The van der Waals surface area contributed by atoms with E-state index < -0.39 is 17.8 Å². The molecule has 0 aliphatic heterocycles. The second kappa shape index (κ2) is 7.85. The minimum absolute atomic E-state index is 0.0705. The lowest BCUT2D eigenvalue weighted by Gasteiger charge is -2.17. The van der Waals surface area contributed by atoms with Crippen LogP contribution < -0.4 is 0 Å². The standard InChI is InChI=1S/C15H18O4S/c1-10(15(18)19)14(17)13(9-20-11(2)16)8-12-6-4-3-5-7-12/h3-7,10,13H,8-9H2,1-2H3,(H,18,19)/t10-,13+/m0/s1. The summed E-state index contributed by atoms with van der Waals surface area (Å²) >= 11 is 1.06. The molecule has 0 aliphatic rings. The molecule has 0 saturated heterocycles. The summed E-state index contributed by atoms with van der Waals surface area (Å²) in [4.78, 5) is 34.2. The fraction of sp³-hybridized carbons (Fsp3) is 0.400. The maximum Gasteiger partial charge on any atom is 0.313 e. The lowest BCUT2D eigenvalue weighted by molar-refractivity contribution is -0.146.